The quantitative estimate of drug-likeness (QED) is 0.147. The molecule has 0 spiro atoms. The van der Waals surface area contributed by atoms with Gasteiger partial charge in [-0.25, -0.2) is 0 Å². The van der Waals surface area contributed by atoms with Gasteiger partial charge in [-0.1, -0.05) is 244 Å². The van der Waals surface area contributed by atoms with E-state index in [1.165, 1.54) is 0 Å². The first-order chi connectivity index (χ1) is 41.1. The molecule has 2 aliphatic rings. The van der Waals surface area contributed by atoms with E-state index in [-0.39, 0.29) is 50.4 Å². The summed E-state index contributed by atoms with van der Waals surface area (Å²) < 4.78 is 108. The Bertz CT molecular complexity index is 4310. The Morgan fingerprint density at radius 2 is 0.763 bits per heavy atom. The Balaban J connectivity index is 1.38. The number of anilines is 6. The first-order valence-corrected chi connectivity index (χ1v) is 26.4. The molecule has 0 bridgehead atoms. The molecule has 0 radical (unpaired) electrons. The summed E-state index contributed by atoms with van der Waals surface area (Å²) in [6, 6.07) is 47.4. The van der Waals surface area contributed by atoms with Crippen molar-refractivity contribution in [3.05, 3.63) is 246 Å². The Morgan fingerprint density at radius 3 is 1.17 bits per heavy atom. The number of rotatable bonds is 7. The van der Waals surface area contributed by atoms with Crippen LogP contribution in [0.1, 0.15) is 94.1 Å². The highest BCUT2D eigenvalue weighted by molar-refractivity contribution is 7.00. The molecular weight excluding hydrogens is 939 g/mol. The smallest absolute Gasteiger partial charge is 0.252 e. The second-order valence-corrected chi connectivity index (χ2v) is 23.4. The molecular formula is C72H64BClN2. The third kappa shape index (κ3) is 8.65. The number of hydrogen-bond donors (Lipinski definition) is 0. The van der Waals surface area contributed by atoms with E-state index in [1.807, 2.05) is 107 Å². The molecule has 4 heteroatoms. The van der Waals surface area contributed by atoms with Gasteiger partial charge < -0.3 is 9.80 Å². The summed E-state index contributed by atoms with van der Waals surface area (Å²) in [5.74, 6) is 0. The van der Waals surface area contributed by atoms with E-state index < -0.39 is 77.5 Å². The minimum atomic E-state index is -1.27. The minimum Gasteiger partial charge on any atom is -0.310 e. The second-order valence-electron chi connectivity index (χ2n) is 23.0. The molecule has 2 aliphatic heterocycles. The Labute approximate surface area is 471 Å². The fourth-order valence-electron chi connectivity index (χ4n) is 10.9. The number of fused-ring (bicyclic) bond motifs is 4. The molecule has 0 amide bonds. The Morgan fingerprint density at radius 1 is 0.368 bits per heavy atom. The topological polar surface area (TPSA) is 6.48 Å². The third-order valence-corrected chi connectivity index (χ3v) is 15.1. The van der Waals surface area contributed by atoms with Crippen LogP contribution in [0.25, 0.3) is 55.6 Å². The monoisotopic (exact) mass is 1010 g/mol. The number of halogens is 1. The molecule has 10 aromatic rings. The highest BCUT2D eigenvalue weighted by Gasteiger charge is 2.46. The fraction of sp³-hybridized carbons (Fsp3) is 0.167. The van der Waals surface area contributed by atoms with Crippen molar-refractivity contribution < 1.29 is 15.1 Å². The van der Waals surface area contributed by atoms with Crippen LogP contribution in [0.4, 0.5) is 34.1 Å². The van der Waals surface area contributed by atoms with Crippen LogP contribution in [0, 0.1) is 0 Å². The van der Waals surface area contributed by atoms with Gasteiger partial charge in [0.05, 0.1) is 26.5 Å². The minimum absolute atomic E-state index is 0.0816. The zero-order valence-corrected chi connectivity index (χ0v) is 45.1. The second kappa shape index (κ2) is 18.8. The van der Waals surface area contributed by atoms with Gasteiger partial charge in [0.1, 0.15) is 0 Å². The van der Waals surface area contributed by atoms with E-state index in [9.17, 15) is 11.0 Å². The Hall–Kier alpha value is -7.85. The van der Waals surface area contributed by atoms with Crippen molar-refractivity contribution in [3.8, 4) is 55.6 Å². The van der Waals surface area contributed by atoms with Crippen LogP contribution in [0.15, 0.2) is 224 Å². The van der Waals surface area contributed by atoms with E-state index in [4.69, 9.17) is 15.7 Å². The summed E-state index contributed by atoms with van der Waals surface area (Å²) in [4.78, 5) is 4.05. The van der Waals surface area contributed by atoms with Gasteiger partial charge in [0.2, 0.25) is 0 Å². The average Bonchev–Trinajstić information content (AvgIpc) is 0.683. The molecule has 0 saturated heterocycles. The molecule has 76 heavy (non-hydrogen) atoms. The first kappa shape index (κ1) is 37.8. The van der Waals surface area contributed by atoms with Crippen LogP contribution < -0.4 is 26.2 Å². The largest absolute Gasteiger partial charge is 0.310 e. The molecule has 0 N–H and O–H groups in total. The van der Waals surface area contributed by atoms with E-state index in [0.29, 0.717) is 28.2 Å². The lowest BCUT2D eigenvalue weighted by Crippen LogP contribution is -2.61. The van der Waals surface area contributed by atoms with Gasteiger partial charge in [0.15, 0.2) is 0 Å². The normalized spacial score (nSPS) is 15.1. The summed E-state index contributed by atoms with van der Waals surface area (Å²) >= 11 is 7.28. The molecule has 0 saturated carbocycles. The van der Waals surface area contributed by atoms with Gasteiger partial charge in [-0.3, -0.25) is 0 Å². The van der Waals surface area contributed by atoms with Crippen molar-refractivity contribution in [3.63, 3.8) is 0 Å². The first-order valence-electron chi connectivity index (χ1n) is 31.5. The zero-order chi connectivity index (χ0) is 62.2. The lowest BCUT2D eigenvalue weighted by atomic mass is 9.33. The molecule has 0 unspecified atom stereocenters. The van der Waals surface area contributed by atoms with Gasteiger partial charge >= 0.3 is 0 Å². The van der Waals surface area contributed by atoms with Crippen molar-refractivity contribution in [1.82, 2.24) is 0 Å². The van der Waals surface area contributed by atoms with Gasteiger partial charge in [-0.05, 0) is 137 Å². The summed E-state index contributed by atoms with van der Waals surface area (Å²) in [5, 5.41) is -0.265. The van der Waals surface area contributed by atoms with E-state index >= 15 is 0 Å². The van der Waals surface area contributed by atoms with Gasteiger partial charge in [0, 0.05) is 50.0 Å². The van der Waals surface area contributed by atoms with Crippen molar-refractivity contribution in [2.45, 2.75) is 78.6 Å². The van der Waals surface area contributed by atoms with Crippen molar-refractivity contribution in [1.29, 1.82) is 0 Å². The maximum Gasteiger partial charge on any atom is 0.252 e. The maximum absolute atomic E-state index is 10.9. The SMILES string of the molecule is [2H]c1c([2H])c([2H])c(-c2c([2H])c([2H])c3c(c2[2H])B2c4c(cc(C(C)(C)C)cc4N(c4c(-c5ccccc5)cc(C(C)(C)C)cc4-c4ccccc4)c4c([2H])c(Cl)c([2H])c([2H])c42)N3c2c(-c3ccccc3)cc(C(C)(C)C)cc2-c2ccccc2)c([2H])c1[2H]. The van der Waals surface area contributed by atoms with Crippen molar-refractivity contribution in [2.24, 2.45) is 0 Å². The average molecular weight is 1010 g/mol. The van der Waals surface area contributed by atoms with Gasteiger partial charge in [0.25, 0.3) is 6.71 Å². The summed E-state index contributed by atoms with van der Waals surface area (Å²) in [6.07, 6.45) is 0. The van der Waals surface area contributed by atoms with Gasteiger partial charge in [-0.2, -0.15) is 0 Å². The number of hydrogen-bond acceptors (Lipinski definition) is 2. The van der Waals surface area contributed by atoms with E-state index in [1.54, 1.807) is 0 Å². The van der Waals surface area contributed by atoms with Crippen molar-refractivity contribution in [2.75, 3.05) is 9.80 Å². The lowest BCUT2D eigenvalue weighted by molar-refractivity contribution is 0.590. The molecule has 372 valence electrons. The molecule has 10 aromatic carbocycles. The summed E-state index contributed by atoms with van der Waals surface area (Å²) in [7, 11) is 0. The van der Waals surface area contributed by atoms with E-state index in [0.717, 1.165) is 61.2 Å². The molecule has 0 aliphatic carbocycles. The fourth-order valence-corrected chi connectivity index (χ4v) is 11.0. The highest BCUT2D eigenvalue weighted by Crippen LogP contribution is 2.55. The van der Waals surface area contributed by atoms with Crippen LogP contribution in [-0.2, 0) is 16.2 Å². The third-order valence-electron chi connectivity index (χ3n) is 14.9. The van der Waals surface area contributed by atoms with Crippen LogP contribution in [-0.4, -0.2) is 6.71 Å². The van der Waals surface area contributed by atoms with Gasteiger partial charge in [-0.15, -0.1) is 0 Å². The van der Waals surface area contributed by atoms with Crippen LogP contribution in [0.5, 0.6) is 0 Å². The van der Waals surface area contributed by atoms with Crippen LogP contribution in [0.2, 0.25) is 5.02 Å². The van der Waals surface area contributed by atoms with Crippen LogP contribution in [0.3, 0.4) is 0 Å². The molecule has 0 fully saturated rings. The molecule has 0 atom stereocenters. The van der Waals surface area contributed by atoms with E-state index in [2.05, 4.69) is 123 Å². The summed E-state index contributed by atoms with van der Waals surface area (Å²) in [6.45, 7) is 18.1. The molecule has 0 aromatic heterocycles. The zero-order valence-electron chi connectivity index (χ0n) is 55.4. The predicted octanol–water partition coefficient (Wildman–Crippen LogP) is 18.7. The van der Waals surface area contributed by atoms with Crippen LogP contribution >= 0.6 is 11.6 Å². The highest BCUT2D eigenvalue weighted by atomic mass is 35.5. The molecule has 2 heterocycles. The Kier molecular flexibility index (Phi) is 9.34. The van der Waals surface area contributed by atoms with Crippen molar-refractivity contribution >= 4 is 68.8 Å². The maximum atomic E-state index is 10.9. The molecule has 2 nitrogen and oxygen atoms in total. The number of nitrogens with zero attached hydrogens (tertiary/aromatic N) is 2. The lowest BCUT2D eigenvalue weighted by Gasteiger charge is -2.46. The standard InChI is InChI=1S/C72H64BClN2/c1-70(2,3)53-40-57(48-27-17-11-18-28-48)68(58(41-53)49-29-19-12-20-30-49)75-63-38-35-52(47-25-15-10-16-26-47)39-62(63)73-61-37-36-56(74)46-64(61)76(66-45-55(72(7,8)9)44-65(75)67(66)73)69-59(50-31-21-13-22-32-50)42-54(71(4,5)6)43-60(69)51-33-23-14-24-34-51/h10-46H,1-9H3/i10D,15D,16D,25D,26D,35D,36D,37D,38D,39D,46D. The summed E-state index contributed by atoms with van der Waals surface area (Å²) in [5.41, 5.74) is 10.7. The number of benzene rings is 10. The molecule has 12 rings (SSSR count). The predicted molar refractivity (Wildman–Crippen MR) is 329 cm³/mol.